The first-order valence-corrected chi connectivity index (χ1v) is 8.85. The molecular formula is C20H22N4O2. The molecule has 4 rings (SSSR count). The van der Waals surface area contributed by atoms with Crippen LogP contribution in [0.15, 0.2) is 60.8 Å². The van der Waals surface area contributed by atoms with E-state index in [1.165, 1.54) is 0 Å². The number of nitrogens with one attached hydrogen (secondary N) is 2. The molecule has 3 aromatic rings. The molecule has 6 nitrogen and oxygen atoms in total. The monoisotopic (exact) mass is 350 g/mol. The molecule has 1 aromatic heterocycles. The van der Waals surface area contributed by atoms with Gasteiger partial charge in [-0.2, -0.15) is 5.10 Å². The Morgan fingerprint density at radius 2 is 2.00 bits per heavy atom. The minimum absolute atomic E-state index is 0.113. The number of rotatable bonds is 4. The summed E-state index contributed by atoms with van der Waals surface area (Å²) in [4.78, 5) is 12.8. The summed E-state index contributed by atoms with van der Waals surface area (Å²) < 4.78 is 1.69. The third-order valence-electron chi connectivity index (χ3n) is 5.10. The molecule has 2 atom stereocenters. The minimum atomic E-state index is -0.785. The minimum Gasteiger partial charge on any atom is -0.389 e. The fourth-order valence-electron chi connectivity index (χ4n) is 3.73. The maximum absolute atomic E-state index is 12.8. The smallest absolute Gasteiger partial charge is 0.242 e. The number of benzene rings is 2. The standard InChI is InChI=1S/C20H22N4O2/c25-18-13-21-11-10-20(18,16-7-2-1-3-8-16)23-19(26)14-24-17-9-5-4-6-15(17)12-22-24/h1-9,12,18,21,25H,10-11,13-14H2,(H,23,26)/t18-,20-/m1/s1. The summed E-state index contributed by atoms with van der Waals surface area (Å²) >= 11 is 0. The Morgan fingerprint density at radius 1 is 1.23 bits per heavy atom. The van der Waals surface area contributed by atoms with Crippen molar-refractivity contribution < 1.29 is 9.90 Å². The number of hydrogen-bond acceptors (Lipinski definition) is 4. The summed E-state index contributed by atoms with van der Waals surface area (Å²) in [7, 11) is 0. The summed E-state index contributed by atoms with van der Waals surface area (Å²) in [5.74, 6) is -0.163. The molecule has 1 aliphatic rings. The quantitative estimate of drug-likeness (QED) is 0.665. The van der Waals surface area contributed by atoms with Crippen LogP contribution in [-0.2, 0) is 16.9 Å². The predicted molar refractivity (Wildman–Crippen MR) is 99.5 cm³/mol. The van der Waals surface area contributed by atoms with E-state index in [4.69, 9.17) is 0 Å². The molecule has 0 bridgehead atoms. The second kappa shape index (κ2) is 6.90. The van der Waals surface area contributed by atoms with Crippen molar-refractivity contribution in [2.24, 2.45) is 0 Å². The van der Waals surface area contributed by atoms with E-state index in [0.29, 0.717) is 13.0 Å². The highest BCUT2D eigenvalue weighted by atomic mass is 16.3. The second-order valence-electron chi connectivity index (χ2n) is 6.72. The molecule has 1 amide bonds. The Bertz CT molecular complexity index is 908. The Labute approximate surface area is 151 Å². The number of carbonyl (C=O) groups excluding carboxylic acids is 1. The van der Waals surface area contributed by atoms with E-state index in [2.05, 4.69) is 15.7 Å². The molecule has 0 saturated carbocycles. The van der Waals surface area contributed by atoms with Crippen molar-refractivity contribution in [1.82, 2.24) is 20.4 Å². The Morgan fingerprint density at radius 3 is 2.81 bits per heavy atom. The van der Waals surface area contributed by atoms with Crippen LogP contribution in [0.25, 0.3) is 10.9 Å². The number of nitrogens with zero attached hydrogens (tertiary/aromatic N) is 2. The van der Waals surface area contributed by atoms with Gasteiger partial charge in [0.05, 0.1) is 23.4 Å². The Kier molecular flexibility index (Phi) is 4.44. The highest BCUT2D eigenvalue weighted by Crippen LogP contribution is 2.31. The lowest BCUT2D eigenvalue weighted by atomic mass is 9.79. The number of aliphatic hydroxyl groups excluding tert-OH is 1. The Balaban J connectivity index is 1.60. The van der Waals surface area contributed by atoms with E-state index in [-0.39, 0.29) is 12.5 Å². The van der Waals surface area contributed by atoms with Crippen molar-refractivity contribution in [2.45, 2.75) is 24.6 Å². The highest BCUT2D eigenvalue weighted by Gasteiger charge is 2.42. The lowest BCUT2D eigenvalue weighted by Gasteiger charge is -2.43. The molecule has 0 aliphatic carbocycles. The van der Waals surface area contributed by atoms with Crippen molar-refractivity contribution in [3.05, 3.63) is 66.4 Å². The second-order valence-corrected chi connectivity index (χ2v) is 6.72. The van der Waals surface area contributed by atoms with Gasteiger partial charge < -0.3 is 15.7 Å². The van der Waals surface area contributed by atoms with E-state index in [1.807, 2.05) is 54.6 Å². The molecule has 2 aromatic carbocycles. The van der Waals surface area contributed by atoms with Gasteiger partial charge in [0, 0.05) is 11.9 Å². The predicted octanol–water partition coefficient (Wildman–Crippen LogP) is 1.40. The van der Waals surface area contributed by atoms with Crippen LogP contribution in [0.2, 0.25) is 0 Å². The summed E-state index contributed by atoms with van der Waals surface area (Å²) in [5, 5.41) is 22.3. The average molecular weight is 350 g/mol. The van der Waals surface area contributed by atoms with Gasteiger partial charge in [0.15, 0.2) is 0 Å². The van der Waals surface area contributed by atoms with Gasteiger partial charge in [-0.15, -0.1) is 0 Å². The molecular weight excluding hydrogens is 328 g/mol. The Hall–Kier alpha value is -2.70. The number of fused-ring (bicyclic) bond motifs is 1. The molecule has 1 saturated heterocycles. The van der Waals surface area contributed by atoms with Gasteiger partial charge in [0.1, 0.15) is 6.54 Å². The number of β-amino-alcohol motifs (C(OH)–C–C–N with tert-alkyl or cyclic N) is 1. The van der Waals surface area contributed by atoms with Crippen LogP contribution < -0.4 is 10.6 Å². The van der Waals surface area contributed by atoms with Crippen LogP contribution in [0.3, 0.4) is 0 Å². The van der Waals surface area contributed by atoms with Gasteiger partial charge in [0.25, 0.3) is 0 Å². The van der Waals surface area contributed by atoms with E-state index >= 15 is 0 Å². The first kappa shape index (κ1) is 16.8. The van der Waals surface area contributed by atoms with Crippen LogP contribution >= 0.6 is 0 Å². The van der Waals surface area contributed by atoms with Crippen LogP contribution in [0.4, 0.5) is 0 Å². The molecule has 134 valence electrons. The average Bonchev–Trinajstić information content (AvgIpc) is 3.07. The number of amides is 1. The van der Waals surface area contributed by atoms with Crippen molar-refractivity contribution >= 4 is 16.8 Å². The summed E-state index contributed by atoms with van der Waals surface area (Å²) in [5.41, 5.74) is 1.06. The van der Waals surface area contributed by atoms with E-state index in [0.717, 1.165) is 23.0 Å². The van der Waals surface area contributed by atoms with Crippen molar-refractivity contribution in [2.75, 3.05) is 13.1 Å². The van der Waals surface area contributed by atoms with Crippen molar-refractivity contribution in [3.8, 4) is 0 Å². The van der Waals surface area contributed by atoms with Gasteiger partial charge in [-0.25, -0.2) is 0 Å². The zero-order valence-electron chi connectivity index (χ0n) is 14.4. The zero-order valence-corrected chi connectivity index (χ0v) is 14.4. The fraction of sp³-hybridized carbons (Fsp3) is 0.300. The number of piperidine rings is 1. The number of hydrogen-bond donors (Lipinski definition) is 3. The highest BCUT2D eigenvalue weighted by molar-refractivity contribution is 5.82. The molecule has 3 N–H and O–H groups in total. The lowest BCUT2D eigenvalue weighted by molar-refractivity contribution is -0.126. The maximum Gasteiger partial charge on any atom is 0.242 e. The number of aliphatic hydroxyl groups is 1. The van der Waals surface area contributed by atoms with Gasteiger partial charge in [-0.05, 0) is 24.6 Å². The zero-order chi connectivity index (χ0) is 18.0. The van der Waals surface area contributed by atoms with Crippen LogP contribution in [0.5, 0.6) is 0 Å². The molecule has 0 radical (unpaired) electrons. The molecule has 0 unspecified atom stereocenters. The number of para-hydroxylation sites is 1. The third kappa shape index (κ3) is 2.98. The largest absolute Gasteiger partial charge is 0.389 e. The lowest BCUT2D eigenvalue weighted by Crippen LogP contribution is -2.61. The first-order valence-electron chi connectivity index (χ1n) is 8.85. The van der Waals surface area contributed by atoms with Crippen LogP contribution in [0.1, 0.15) is 12.0 Å². The van der Waals surface area contributed by atoms with Crippen LogP contribution in [0, 0.1) is 0 Å². The van der Waals surface area contributed by atoms with Gasteiger partial charge >= 0.3 is 0 Å². The number of aromatic nitrogens is 2. The van der Waals surface area contributed by atoms with Gasteiger partial charge in [0.2, 0.25) is 5.91 Å². The normalized spacial score (nSPS) is 23.0. The van der Waals surface area contributed by atoms with Crippen LogP contribution in [-0.4, -0.2) is 40.0 Å². The van der Waals surface area contributed by atoms with Gasteiger partial charge in [-0.1, -0.05) is 48.5 Å². The molecule has 26 heavy (non-hydrogen) atoms. The van der Waals surface area contributed by atoms with Crippen molar-refractivity contribution in [1.29, 1.82) is 0 Å². The SMILES string of the molecule is O=C(Cn1ncc2ccccc21)N[C@@]1(c2ccccc2)CCNC[C@H]1O. The summed E-state index contributed by atoms with van der Waals surface area (Å²) in [6.07, 6.45) is 1.69. The molecule has 6 heteroatoms. The third-order valence-corrected chi connectivity index (χ3v) is 5.10. The fourth-order valence-corrected chi connectivity index (χ4v) is 3.73. The molecule has 1 fully saturated rings. The van der Waals surface area contributed by atoms with E-state index in [9.17, 15) is 9.90 Å². The summed E-state index contributed by atoms with van der Waals surface area (Å²) in [6.45, 7) is 1.29. The molecule has 1 aliphatic heterocycles. The summed E-state index contributed by atoms with van der Waals surface area (Å²) in [6, 6.07) is 17.5. The van der Waals surface area contributed by atoms with E-state index in [1.54, 1.807) is 10.9 Å². The molecule has 0 spiro atoms. The van der Waals surface area contributed by atoms with Gasteiger partial charge in [-0.3, -0.25) is 9.48 Å². The number of carbonyl (C=O) groups is 1. The molecule has 2 heterocycles. The van der Waals surface area contributed by atoms with E-state index < -0.39 is 11.6 Å². The topological polar surface area (TPSA) is 79.2 Å². The van der Waals surface area contributed by atoms with Crippen molar-refractivity contribution in [3.63, 3.8) is 0 Å². The first-order chi connectivity index (χ1) is 12.7. The maximum atomic E-state index is 12.8.